The summed E-state index contributed by atoms with van der Waals surface area (Å²) in [5, 5.41) is 7.10. The number of aromatic nitrogens is 4. The van der Waals surface area contributed by atoms with Gasteiger partial charge in [0, 0.05) is 46.3 Å². The van der Waals surface area contributed by atoms with E-state index in [0.717, 1.165) is 53.3 Å². The van der Waals surface area contributed by atoms with E-state index in [1.807, 2.05) is 43.3 Å². The van der Waals surface area contributed by atoms with Crippen molar-refractivity contribution in [2.24, 2.45) is 0 Å². The normalized spacial score (nSPS) is 14.0. The Morgan fingerprint density at radius 1 is 1.10 bits per heavy atom. The third-order valence-electron chi connectivity index (χ3n) is 4.98. The van der Waals surface area contributed by atoms with Gasteiger partial charge in [-0.25, -0.2) is 19.9 Å². The molecule has 3 aromatic rings. The van der Waals surface area contributed by atoms with Gasteiger partial charge in [0.25, 0.3) is 0 Å². The molecule has 1 aliphatic heterocycles. The summed E-state index contributed by atoms with van der Waals surface area (Å²) >= 11 is 1.56. The van der Waals surface area contributed by atoms with Crippen molar-refractivity contribution in [3.63, 3.8) is 0 Å². The standard InChI is InChI=1S/C20H24N8OS/c1-13-18(30-20(21-3)24-13)16-6-7-22-19(25-16)26-17-5-4-15(12-23-17)28-10-8-27(9-11-28)14(2)29/h4-7,12H,8-11H2,1-3H3,(H,21,24)(H,22,23,25,26). The van der Waals surface area contributed by atoms with E-state index in [-0.39, 0.29) is 5.91 Å². The number of piperazine rings is 1. The van der Waals surface area contributed by atoms with Gasteiger partial charge in [-0.15, -0.1) is 0 Å². The van der Waals surface area contributed by atoms with E-state index in [4.69, 9.17) is 0 Å². The largest absolute Gasteiger partial charge is 0.367 e. The van der Waals surface area contributed by atoms with Crippen molar-refractivity contribution in [2.45, 2.75) is 13.8 Å². The maximum atomic E-state index is 11.5. The molecule has 0 atom stereocenters. The Hall–Kier alpha value is -3.27. The Morgan fingerprint density at radius 3 is 2.53 bits per heavy atom. The predicted octanol–water partition coefficient (Wildman–Crippen LogP) is 2.76. The molecule has 1 fully saturated rings. The summed E-state index contributed by atoms with van der Waals surface area (Å²) in [5.41, 5.74) is 2.80. The fourth-order valence-corrected chi connectivity index (χ4v) is 4.22. The quantitative estimate of drug-likeness (QED) is 0.645. The van der Waals surface area contributed by atoms with Gasteiger partial charge in [-0.05, 0) is 25.1 Å². The highest BCUT2D eigenvalue weighted by Crippen LogP contribution is 2.31. The molecule has 0 radical (unpaired) electrons. The van der Waals surface area contributed by atoms with E-state index in [1.165, 1.54) is 0 Å². The van der Waals surface area contributed by atoms with Crippen molar-refractivity contribution in [3.05, 3.63) is 36.3 Å². The van der Waals surface area contributed by atoms with E-state index in [9.17, 15) is 4.79 Å². The molecule has 9 nitrogen and oxygen atoms in total. The lowest BCUT2D eigenvalue weighted by Crippen LogP contribution is -2.48. The molecule has 0 spiro atoms. The highest BCUT2D eigenvalue weighted by Gasteiger charge is 2.19. The number of hydrogen-bond donors (Lipinski definition) is 2. The number of carbonyl (C=O) groups is 1. The van der Waals surface area contributed by atoms with Gasteiger partial charge in [0.2, 0.25) is 11.9 Å². The van der Waals surface area contributed by atoms with Crippen LogP contribution in [0.5, 0.6) is 0 Å². The summed E-state index contributed by atoms with van der Waals surface area (Å²) in [4.78, 5) is 34.5. The molecule has 4 heterocycles. The summed E-state index contributed by atoms with van der Waals surface area (Å²) < 4.78 is 0. The molecule has 0 saturated carbocycles. The molecule has 4 rings (SSSR count). The first-order valence-electron chi connectivity index (χ1n) is 9.75. The number of rotatable bonds is 5. The molecular formula is C20H24N8OS. The van der Waals surface area contributed by atoms with Crippen LogP contribution in [0.3, 0.4) is 0 Å². The molecule has 2 N–H and O–H groups in total. The molecule has 10 heteroatoms. The number of amides is 1. The van der Waals surface area contributed by atoms with Crippen molar-refractivity contribution in [2.75, 3.05) is 48.8 Å². The van der Waals surface area contributed by atoms with Crippen molar-refractivity contribution in [1.29, 1.82) is 0 Å². The average Bonchev–Trinajstić information content (AvgIpc) is 3.15. The Balaban J connectivity index is 1.44. The zero-order valence-corrected chi connectivity index (χ0v) is 18.0. The van der Waals surface area contributed by atoms with Crippen molar-refractivity contribution in [1.82, 2.24) is 24.8 Å². The van der Waals surface area contributed by atoms with Crippen molar-refractivity contribution >= 4 is 39.8 Å². The zero-order chi connectivity index (χ0) is 21.1. The Bertz CT molecular complexity index is 1030. The molecule has 0 bridgehead atoms. The Labute approximate surface area is 179 Å². The van der Waals surface area contributed by atoms with E-state index in [2.05, 4.69) is 35.5 Å². The first kappa shape index (κ1) is 20.0. The summed E-state index contributed by atoms with van der Waals surface area (Å²) in [7, 11) is 1.85. The van der Waals surface area contributed by atoms with Gasteiger partial charge in [0.05, 0.1) is 28.1 Å². The molecule has 0 aromatic carbocycles. The highest BCUT2D eigenvalue weighted by molar-refractivity contribution is 7.19. The molecule has 156 valence electrons. The average molecular weight is 425 g/mol. The second-order valence-corrected chi connectivity index (χ2v) is 7.97. The summed E-state index contributed by atoms with van der Waals surface area (Å²) in [6.07, 6.45) is 3.56. The van der Waals surface area contributed by atoms with Gasteiger partial charge in [-0.1, -0.05) is 11.3 Å². The lowest BCUT2D eigenvalue weighted by molar-refractivity contribution is -0.129. The number of hydrogen-bond acceptors (Lipinski definition) is 9. The smallest absolute Gasteiger partial charge is 0.228 e. The summed E-state index contributed by atoms with van der Waals surface area (Å²) in [6, 6.07) is 5.82. The number of nitrogens with one attached hydrogen (secondary N) is 2. The molecule has 30 heavy (non-hydrogen) atoms. The number of aryl methyl sites for hydroxylation is 1. The molecule has 1 amide bonds. The Morgan fingerprint density at radius 2 is 1.90 bits per heavy atom. The summed E-state index contributed by atoms with van der Waals surface area (Å²) in [6.45, 7) is 6.68. The summed E-state index contributed by atoms with van der Waals surface area (Å²) in [5.74, 6) is 1.29. The van der Waals surface area contributed by atoms with Crippen LogP contribution in [0.4, 0.5) is 22.6 Å². The molecule has 1 saturated heterocycles. The first-order chi connectivity index (χ1) is 14.5. The topological polar surface area (TPSA) is 99.2 Å². The minimum absolute atomic E-state index is 0.130. The fraction of sp³-hybridized carbons (Fsp3) is 0.350. The van der Waals surface area contributed by atoms with Crippen molar-refractivity contribution in [3.8, 4) is 10.6 Å². The van der Waals surface area contributed by atoms with Crippen LogP contribution in [-0.4, -0.2) is 64.0 Å². The molecule has 3 aromatic heterocycles. The van der Waals surface area contributed by atoms with Gasteiger partial charge in [-0.3, -0.25) is 4.79 Å². The van der Waals surface area contributed by atoms with Gasteiger partial charge in [0.1, 0.15) is 5.82 Å². The van der Waals surface area contributed by atoms with Crippen LogP contribution >= 0.6 is 11.3 Å². The minimum atomic E-state index is 0.130. The first-order valence-corrected chi connectivity index (χ1v) is 10.6. The number of anilines is 4. The lowest BCUT2D eigenvalue weighted by atomic mass is 10.2. The Kier molecular flexibility index (Phi) is 5.75. The van der Waals surface area contributed by atoms with Crippen LogP contribution in [0.15, 0.2) is 30.6 Å². The second-order valence-electron chi connectivity index (χ2n) is 6.97. The van der Waals surface area contributed by atoms with Crippen LogP contribution < -0.4 is 15.5 Å². The SMILES string of the molecule is CNc1nc(C)c(-c2ccnc(Nc3ccc(N4CCN(C(C)=O)CC4)cn3)n2)s1. The maximum Gasteiger partial charge on any atom is 0.228 e. The predicted molar refractivity (Wildman–Crippen MR) is 119 cm³/mol. The van der Waals surface area contributed by atoms with Crippen LogP contribution in [0.25, 0.3) is 10.6 Å². The number of carbonyl (C=O) groups excluding carboxylic acids is 1. The molecule has 0 aliphatic carbocycles. The van der Waals surface area contributed by atoms with E-state index >= 15 is 0 Å². The fourth-order valence-electron chi connectivity index (χ4n) is 3.33. The molecular weight excluding hydrogens is 400 g/mol. The van der Waals surface area contributed by atoms with E-state index in [0.29, 0.717) is 11.8 Å². The van der Waals surface area contributed by atoms with Crippen molar-refractivity contribution < 1.29 is 4.79 Å². The minimum Gasteiger partial charge on any atom is -0.367 e. The van der Waals surface area contributed by atoms with Crippen LogP contribution in [0.2, 0.25) is 0 Å². The van der Waals surface area contributed by atoms with Crippen LogP contribution in [0.1, 0.15) is 12.6 Å². The maximum absolute atomic E-state index is 11.5. The van der Waals surface area contributed by atoms with Crippen LogP contribution in [-0.2, 0) is 4.79 Å². The number of thiazole rings is 1. The second kappa shape index (κ2) is 8.62. The van der Waals surface area contributed by atoms with Gasteiger partial charge < -0.3 is 20.4 Å². The van der Waals surface area contributed by atoms with Crippen LogP contribution in [0, 0.1) is 6.92 Å². The van der Waals surface area contributed by atoms with E-state index < -0.39 is 0 Å². The number of nitrogens with zero attached hydrogens (tertiary/aromatic N) is 6. The van der Waals surface area contributed by atoms with Gasteiger partial charge >= 0.3 is 0 Å². The lowest BCUT2D eigenvalue weighted by Gasteiger charge is -2.35. The monoisotopic (exact) mass is 424 g/mol. The molecule has 1 aliphatic rings. The van der Waals surface area contributed by atoms with Gasteiger partial charge in [0.15, 0.2) is 5.13 Å². The third kappa shape index (κ3) is 4.33. The van der Waals surface area contributed by atoms with E-state index in [1.54, 1.807) is 24.5 Å². The zero-order valence-electron chi connectivity index (χ0n) is 17.2. The number of pyridine rings is 1. The highest BCUT2D eigenvalue weighted by atomic mass is 32.1. The molecule has 0 unspecified atom stereocenters. The third-order valence-corrected chi connectivity index (χ3v) is 6.17. The van der Waals surface area contributed by atoms with Gasteiger partial charge in [-0.2, -0.15) is 0 Å².